The zero-order chi connectivity index (χ0) is 21.5. The van der Waals surface area contributed by atoms with Crippen molar-refractivity contribution in [3.8, 4) is 0 Å². The second kappa shape index (κ2) is 10.9. The molecule has 2 heterocycles. The Hall–Kier alpha value is -1.89. The minimum atomic E-state index is -0.0546. The van der Waals surface area contributed by atoms with Gasteiger partial charge in [-0.2, -0.15) is 0 Å². The Labute approximate surface area is 188 Å². The van der Waals surface area contributed by atoms with Crippen LogP contribution >= 0.6 is 22.9 Å². The minimum Gasteiger partial charge on any atom is -0.354 e. The number of amides is 2. The van der Waals surface area contributed by atoms with Gasteiger partial charge in [0.15, 0.2) is 0 Å². The molecule has 162 valence electrons. The van der Waals surface area contributed by atoms with Crippen LogP contribution in [0.1, 0.15) is 48.0 Å². The summed E-state index contributed by atoms with van der Waals surface area (Å²) in [6.07, 6.45) is 1.40. The van der Waals surface area contributed by atoms with Crippen molar-refractivity contribution in [2.75, 3.05) is 32.7 Å². The Kier molecular flexibility index (Phi) is 8.31. The number of carbonyl (C=O) groups excluding carboxylic acids is 2. The molecule has 0 saturated carbocycles. The number of likely N-dealkylation sites (tertiary alicyclic amines) is 1. The van der Waals surface area contributed by atoms with E-state index in [2.05, 4.69) is 24.1 Å². The Bertz CT molecular complexity index is 831. The van der Waals surface area contributed by atoms with Crippen LogP contribution in [0.3, 0.4) is 0 Å². The fraction of sp³-hybridized carbons (Fsp3) is 0.478. The van der Waals surface area contributed by atoms with E-state index in [0.29, 0.717) is 32.5 Å². The predicted octanol–water partition coefficient (Wildman–Crippen LogP) is 4.45. The van der Waals surface area contributed by atoms with Crippen molar-refractivity contribution < 1.29 is 9.59 Å². The van der Waals surface area contributed by atoms with Crippen LogP contribution in [0.4, 0.5) is 0 Å². The van der Waals surface area contributed by atoms with Gasteiger partial charge in [0, 0.05) is 30.6 Å². The summed E-state index contributed by atoms with van der Waals surface area (Å²) in [4.78, 5) is 30.3. The molecular formula is C23H30ClN3O2S. The molecule has 0 spiro atoms. The van der Waals surface area contributed by atoms with Crippen LogP contribution in [0.5, 0.6) is 0 Å². The molecule has 1 aromatic carbocycles. The molecule has 0 radical (unpaired) electrons. The molecule has 0 bridgehead atoms. The van der Waals surface area contributed by atoms with E-state index in [1.54, 1.807) is 0 Å². The highest BCUT2D eigenvalue weighted by Gasteiger charge is 2.29. The van der Waals surface area contributed by atoms with E-state index in [1.165, 1.54) is 11.3 Å². The zero-order valence-electron chi connectivity index (χ0n) is 17.6. The molecule has 1 fully saturated rings. The maximum absolute atomic E-state index is 12.9. The largest absolute Gasteiger partial charge is 0.354 e. The maximum Gasteiger partial charge on any atom is 0.263 e. The van der Waals surface area contributed by atoms with E-state index in [0.717, 1.165) is 28.6 Å². The van der Waals surface area contributed by atoms with Gasteiger partial charge in [-0.1, -0.05) is 49.7 Å². The number of nitrogens with zero attached hydrogens (tertiary/aromatic N) is 2. The third-order valence-electron chi connectivity index (χ3n) is 5.87. The van der Waals surface area contributed by atoms with Crippen LogP contribution in [0.15, 0.2) is 41.8 Å². The summed E-state index contributed by atoms with van der Waals surface area (Å²) < 4.78 is 0. The van der Waals surface area contributed by atoms with Gasteiger partial charge in [0.2, 0.25) is 5.91 Å². The SMILES string of the molecule is CCN(CC)C(CNC(=O)C1CCN(C(=O)c2cccs2)CC1)c1ccccc1Cl. The molecule has 2 aromatic rings. The topological polar surface area (TPSA) is 52.7 Å². The summed E-state index contributed by atoms with van der Waals surface area (Å²) in [6.45, 7) is 7.78. The quantitative estimate of drug-likeness (QED) is 0.650. The average molecular weight is 448 g/mol. The number of likely N-dealkylation sites (N-methyl/N-ethyl adjacent to an activating group) is 1. The summed E-state index contributed by atoms with van der Waals surface area (Å²) in [6, 6.07) is 11.6. The summed E-state index contributed by atoms with van der Waals surface area (Å²) in [5.41, 5.74) is 1.04. The van der Waals surface area contributed by atoms with Crippen molar-refractivity contribution in [1.29, 1.82) is 0 Å². The van der Waals surface area contributed by atoms with Gasteiger partial charge in [0.25, 0.3) is 5.91 Å². The van der Waals surface area contributed by atoms with Crippen LogP contribution in [0.2, 0.25) is 5.02 Å². The Morgan fingerprint density at radius 1 is 1.17 bits per heavy atom. The highest BCUT2D eigenvalue weighted by Crippen LogP contribution is 2.27. The number of halogens is 1. The lowest BCUT2D eigenvalue weighted by Gasteiger charge is -2.33. The molecule has 5 nitrogen and oxygen atoms in total. The highest BCUT2D eigenvalue weighted by molar-refractivity contribution is 7.12. The smallest absolute Gasteiger partial charge is 0.263 e. The second-order valence-electron chi connectivity index (χ2n) is 7.55. The van der Waals surface area contributed by atoms with E-state index < -0.39 is 0 Å². The number of thiophene rings is 1. The standard InChI is InChI=1S/C23H30ClN3O2S/c1-3-26(4-2)20(18-8-5-6-9-19(18)24)16-25-22(28)17-11-13-27(14-12-17)23(29)21-10-7-15-30-21/h5-10,15,17,20H,3-4,11-14,16H2,1-2H3,(H,25,28). The van der Waals surface area contributed by atoms with Crippen LogP contribution < -0.4 is 5.32 Å². The summed E-state index contributed by atoms with van der Waals surface area (Å²) in [5, 5.41) is 5.80. The maximum atomic E-state index is 12.9. The van der Waals surface area contributed by atoms with Gasteiger partial charge in [-0.15, -0.1) is 11.3 Å². The van der Waals surface area contributed by atoms with Crippen LogP contribution in [0, 0.1) is 5.92 Å². The van der Waals surface area contributed by atoms with Crippen LogP contribution in [0.25, 0.3) is 0 Å². The third-order valence-corrected chi connectivity index (χ3v) is 7.07. The molecule has 7 heteroatoms. The lowest BCUT2D eigenvalue weighted by molar-refractivity contribution is -0.126. The molecule has 1 N–H and O–H groups in total. The number of carbonyl (C=O) groups is 2. The predicted molar refractivity (Wildman–Crippen MR) is 123 cm³/mol. The first kappa shape index (κ1) is 22.8. The molecule has 2 amide bonds. The number of benzene rings is 1. The lowest BCUT2D eigenvalue weighted by Crippen LogP contribution is -2.45. The van der Waals surface area contributed by atoms with E-state index in [9.17, 15) is 9.59 Å². The highest BCUT2D eigenvalue weighted by atomic mass is 35.5. The first-order chi connectivity index (χ1) is 14.5. The summed E-state index contributed by atoms with van der Waals surface area (Å²) >= 11 is 7.92. The van der Waals surface area contributed by atoms with Gasteiger partial charge in [0.05, 0.1) is 10.9 Å². The normalized spacial score (nSPS) is 15.9. The number of nitrogens with one attached hydrogen (secondary N) is 1. The Balaban J connectivity index is 1.57. The minimum absolute atomic E-state index is 0.0399. The Morgan fingerprint density at radius 3 is 2.47 bits per heavy atom. The van der Waals surface area contributed by atoms with Crippen molar-refractivity contribution in [3.63, 3.8) is 0 Å². The van der Waals surface area contributed by atoms with Gasteiger partial charge in [-0.05, 0) is 49.0 Å². The lowest BCUT2D eigenvalue weighted by atomic mass is 9.95. The van der Waals surface area contributed by atoms with Crippen molar-refractivity contribution in [2.45, 2.75) is 32.7 Å². The number of rotatable bonds is 8. The molecule has 1 aliphatic rings. The van der Waals surface area contributed by atoms with Crippen molar-refractivity contribution >= 4 is 34.8 Å². The number of piperidine rings is 1. The van der Waals surface area contributed by atoms with Crippen molar-refractivity contribution in [1.82, 2.24) is 15.1 Å². The van der Waals surface area contributed by atoms with Gasteiger partial charge >= 0.3 is 0 Å². The number of hydrogen-bond acceptors (Lipinski definition) is 4. The fourth-order valence-electron chi connectivity index (χ4n) is 4.09. The third kappa shape index (κ3) is 5.42. The summed E-state index contributed by atoms with van der Waals surface area (Å²) in [7, 11) is 0. The van der Waals surface area contributed by atoms with E-state index in [4.69, 9.17) is 11.6 Å². The summed E-state index contributed by atoms with van der Waals surface area (Å²) in [5.74, 6) is 0.0904. The van der Waals surface area contributed by atoms with Crippen LogP contribution in [-0.4, -0.2) is 54.3 Å². The molecule has 0 aliphatic carbocycles. The molecule has 1 atom stereocenters. The van der Waals surface area contributed by atoms with E-state index >= 15 is 0 Å². The average Bonchev–Trinajstić information content (AvgIpc) is 3.32. The fourth-order valence-corrected chi connectivity index (χ4v) is 5.04. The molecule has 1 unspecified atom stereocenters. The van der Waals surface area contributed by atoms with Crippen LogP contribution in [-0.2, 0) is 4.79 Å². The molecular weight excluding hydrogens is 418 g/mol. The zero-order valence-corrected chi connectivity index (χ0v) is 19.2. The molecule has 3 rings (SSSR count). The Morgan fingerprint density at radius 2 is 1.87 bits per heavy atom. The van der Waals surface area contributed by atoms with Crippen molar-refractivity contribution in [3.05, 3.63) is 57.2 Å². The van der Waals surface area contributed by atoms with Gasteiger partial charge in [-0.25, -0.2) is 0 Å². The van der Waals surface area contributed by atoms with Gasteiger partial charge in [-0.3, -0.25) is 14.5 Å². The monoisotopic (exact) mass is 447 g/mol. The number of hydrogen-bond donors (Lipinski definition) is 1. The van der Waals surface area contributed by atoms with Gasteiger partial charge < -0.3 is 10.2 Å². The van der Waals surface area contributed by atoms with E-state index in [-0.39, 0.29) is 23.8 Å². The van der Waals surface area contributed by atoms with E-state index in [1.807, 2.05) is 46.7 Å². The first-order valence-electron chi connectivity index (χ1n) is 10.6. The first-order valence-corrected chi connectivity index (χ1v) is 11.9. The molecule has 1 aliphatic heterocycles. The van der Waals surface area contributed by atoms with Gasteiger partial charge in [0.1, 0.15) is 0 Å². The molecule has 1 aromatic heterocycles. The molecule has 30 heavy (non-hydrogen) atoms. The molecule has 1 saturated heterocycles. The van der Waals surface area contributed by atoms with Crippen molar-refractivity contribution in [2.24, 2.45) is 5.92 Å². The second-order valence-corrected chi connectivity index (χ2v) is 8.90.